The molecule has 2 fully saturated rings. The average molecular weight is 389 g/mol. The quantitative estimate of drug-likeness (QED) is 0.733. The fraction of sp³-hybridized carbons (Fsp3) is 0.400. The molecule has 0 aromatic heterocycles. The SMILES string of the molecule is C=C1CC23CC1(O)CCC2c1cccc(C)c1C3NC(=O)OCc1ccccc1. The summed E-state index contributed by atoms with van der Waals surface area (Å²) < 4.78 is 5.54. The van der Waals surface area contributed by atoms with Crippen molar-refractivity contribution in [2.24, 2.45) is 5.41 Å². The van der Waals surface area contributed by atoms with Crippen LogP contribution >= 0.6 is 0 Å². The lowest BCUT2D eigenvalue weighted by Crippen LogP contribution is -2.43. The van der Waals surface area contributed by atoms with Gasteiger partial charge in [0.1, 0.15) is 6.61 Å². The van der Waals surface area contributed by atoms with Gasteiger partial charge in [0.2, 0.25) is 0 Å². The third-order valence-electron chi connectivity index (χ3n) is 7.43. The zero-order valence-corrected chi connectivity index (χ0v) is 16.8. The van der Waals surface area contributed by atoms with Gasteiger partial charge in [0.05, 0.1) is 11.6 Å². The van der Waals surface area contributed by atoms with Crippen molar-refractivity contribution in [3.63, 3.8) is 0 Å². The number of benzene rings is 2. The molecule has 2 N–H and O–H groups in total. The summed E-state index contributed by atoms with van der Waals surface area (Å²) in [5, 5.41) is 14.3. The number of ether oxygens (including phenoxy) is 1. The summed E-state index contributed by atoms with van der Waals surface area (Å²) in [6.45, 7) is 6.55. The number of rotatable bonds is 3. The van der Waals surface area contributed by atoms with Crippen LogP contribution in [0.3, 0.4) is 0 Å². The molecule has 4 heteroatoms. The number of amides is 1. The van der Waals surface area contributed by atoms with Crippen LogP contribution in [0.25, 0.3) is 0 Å². The molecule has 4 atom stereocenters. The first-order valence-corrected chi connectivity index (χ1v) is 10.4. The summed E-state index contributed by atoms with van der Waals surface area (Å²) in [6, 6.07) is 15.9. The Balaban J connectivity index is 1.46. The monoisotopic (exact) mass is 389 g/mol. The maximum absolute atomic E-state index is 12.8. The molecular formula is C25H27NO3. The van der Waals surface area contributed by atoms with Gasteiger partial charge in [0, 0.05) is 5.41 Å². The maximum atomic E-state index is 12.8. The van der Waals surface area contributed by atoms with Crippen molar-refractivity contribution in [1.29, 1.82) is 0 Å². The Bertz CT molecular complexity index is 985. The zero-order chi connectivity index (χ0) is 20.2. The summed E-state index contributed by atoms with van der Waals surface area (Å²) in [6.07, 6.45) is 2.66. The van der Waals surface area contributed by atoms with E-state index in [4.69, 9.17) is 4.74 Å². The first kappa shape index (κ1) is 18.4. The molecule has 3 aliphatic rings. The molecule has 4 nitrogen and oxygen atoms in total. The van der Waals surface area contributed by atoms with Crippen molar-refractivity contribution in [2.45, 2.75) is 56.8 Å². The van der Waals surface area contributed by atoms with Gasteiger partial charge in [-0.25, -0.2) is 4.79 Å². The minimum absolute atomic E-state index is 0.168. The Morgan fingerprint density at radius 2 is 2.03 bits per heavy atom. The lowest BCUT2D eigenvalue weighted by atomic mass is 9.65. The first-order chi connectivity index (χ1) is 13.9. The second-order valence-corrected chi connectivity index (χ2v) is 9.03. The van der Waals surface area contributed by atoms with Crippen LogP contribution in [0.4, 0.5) is 4.79 Å². The molecule has 2 aromatic carbocycles. The smallest absolute Gasteiger partial charge is 0.407 e. The molecule has 0 saturated heterocycles. The van der Waals surface area contributed by atoms with Crippen molar-refractivity contribution >= 4 is 6.09 Å². The molecule has 0 aliphatic heterocycles. The van der Waals surface area contributed by atoms with Crippen molar-refractivity contribution in [3.05, 3.63) is 82.9 Å². The van der Waals surface area contributed by atoms with Gasteiger partial charge in [0.25, 0.3) is 0 Å². The van der Waals surface area contributed by atoms with E-state index in [1.807, 2.05) is 30.3 Å². The Hall–Kier alpha value is -2.59. The predicted molar refractivity (Wildman–Crippen MR) is 111 cm³/mol. The standard InChI is InChI=1S/C25H27NO3/c1-16-7-6-10-19-20-11-12-25(28)15-24(20,13-17(25)2)22(21(16)19)26-23(27)29-14-18-8-4-3-5-9-18/h3-10,20,22,28H,2,11-15H2,1H3,(H,26,27). The van der Waals surface area contributed by atoms with Crippen LogP contribution in [0, 0.1) is 12.3 Å². The highest BCUT2D eigenvalue weighted by atomic mass is 16.5. The predicted octanol–water partition coefficient (Wildman–Crippen LogP) is 4.92. The molecule has 2 saturated carbocycles. The fourth-order valence-corrected chi connectivity index (χ4v) is 6.13. The molecule has 1 amide bonds. The number of hydrogen-bond acceptors (Lipinski definition) is 3. The molecular weight excluding hydrogens is 362 g/mol. The van der Waals surface area contributed by atoms with Crippen LogP contribution in [-0.4, -0.2) is 16.8 Å². The lowest BCUT2D eigenvalue weighted by molar-refractivity contribution is 0.00135. The van der Waals surface area contributed by atoms with Gasteiger partial charge in [-0.1, -0.05) is 55.1 Å². The Kier molecular flexibility index (Phi) is 4.11. The van der Waals surface area contributed by atoms with E-state index in [0.717, 1.165) is 30.4 Å². The number of carbonyl (C=O) groups excluding carboxylic acids is 1. The summed E-state index contributed by atoms with van der Waals surface area (Å²) >= 11 is 0. The maximum Gasteiger partial charge on any atom is 0.407 e. The van der Waals surface area contributed by atoms with Gasteiger partial charge in [-0.05, 0) is 66.4 Å². The van der Waals surface area contributed by atoms with E-state index in [1.165, 1.54) is 16.7 Å². The molecule has 0 radical (unpaired) electrons. The second-order valence-electron chi connectivity index (χ2n) is 9.03. The van der Waals surface area contributed by atoms with Crippen LogP contribution < -0.4 is 5.32 Å². The third-order valence-corrected chi connectivity index (χ3v) is 7.43. The summed E-state index contributed by atoms with van der Waals surface area (Å²) in [5.74, 6) is 0.330. The van der Waals surface area contributed by atoms with Crippen molar-refractivity contribution in [1.82, 2.24) is 5.32 Å². The summed E-state index contributed by atoms with van der Waals surface area (Å²) in [5.41, 5.74) is 4.55. The van der Waals surface area contributed by atoms with Crippen LogP contribution in [0.5, 0.6) is 0 Å². The Morgan fingerprint density at radius 3 is 2.83 bits per heavy atom. The Labute approximate surface area is 171 Å². The van der Waals surface area contributed by atoms with Crippen LogP contribution in [-0.2, 0) is 11.3 Å². The minimum atomic E-state index is -0.805. The minimum Gasteiger partial charge on any atom is -0.445 e. The van der Waals surface area contributed by atoms with E-state index in [0.29, 0.717) is 12.3 Å². The van der Waals surface area contributed by atoms with Crippen LogP contribution in [0.1, 0.15) is 59.9 Å². The summed E-state index contributed by atoms with van der Waals surface area (Å²) in [4.78, 5) is 12.8. The number of carbonyl (C=O) groups is 1. The molecule has 0 heterocycles. The van der Waals surface area contributed by atoms with Crippen molar-refractivity contribution < 1.29 is 14.6 Å². The third kappa shape index (κ3) is 2.73. The van der Waals surface area contributed by atoms with E-state index in [2.05, 4.69) is 37.0 Å². The van der Waals surface area contributed by atoms with E-state index in [1.54, 1.807) is 0 Å². The van der Waals surface area contributed by atoms with E-state index in [9.17, 15) is 9.90 Å². The molecule has 3 aliphatic carbocycles. The largest absolute Gasteiger partial charge is 0.445 e. The first-order valence-electron chi connectivity index (χ1n) is 10.4. The van der Waals surface area contributed by atoms with Crippen molar-refractivity contribution in [3.8, 4) is 0 Å². The summed E-state index contributed by atoms with van der Waals surface area (Å²) in [7, 11) is 0. The van der Waals surface area contributed by atoms with Crippen LogP contribution in [0.15, 0.2) is 60.7 Å². The van der Waals surface area contributed by atoms with E-state index >= 15 is 0 Å². The van der Waals surface area contributed by atoms with E-state index < -0.39 is 11.7 Å². The molecule has 150 valence electrons. The molecule has 5 rings (SSSR count). The molecule has 2 aromatic rings. The highest BCUT2D eigenvalue weighted by Gasteiger charge is 2.64. The number of hydrogen-bond donors (Lipinski definition) is 2. The Morgan fingerprint density at radius 1 is 1.24 bits per heavy atom. The number of alkyl carbamates (subject to hydrolysis) is 1. The molecule has 4 unspecified atom stereocenters. The number of fused-ring (bicyclic) bond motifs is 3. The number of aryl methyl sites for hydroxylation is 1. The van der Waals surface area contributed by atoms with Gasteiger partial charge < -0.3 is 15.2 Å². The van der Waals surface area contributed by atoms with Crippen molar-refractivity contribution in [2.75, 3.05) is 0 Å². The molecule has 2 bridgehead atoms. The zero-order valence-electron chi connectivity index (χ0n) is 16.8. The van der Waals surface area contributed by atoms with Gasteiger partial charge in [-0.2, -0.15) is 0 Å². The lowest BCUT2D eigenvalue weighted by Gasteiger charge is -2.42. The normalized spacial score (nSPS) is 31.9. The molecule has 29 heavy (non-hydrogen) atoms. The van der Waals surface area contributed by atoms with Gasteiger partial charge in [-0.15, -0.1) is 0 Å². The number of aliphatic hydroxyl groups is 1. The average Bonchev–Trinajstić information content (AvgIpc) is 3.08. The molecule has 1 spiro atoms. The highest BCUT2D eigenvalue weighted by Crippen LogP contribution is 2.70. The van der Waals surface area contributed by atoms with Gasteiger partial charge in [-0.3, -0.25) is 0 Å². The second kappa shape index (κ2) is 6.46. The highest BCUT2D eigenvalue weighted by molar-refractivity contribution is 5.69. The topological polar surface area (TPSA) is 58.6 Å². The van der Waals surface area contributed by atoms with E-state index in [-0.39, 0.29) is 18.1 Å². The van der Waals surface area contributed by atoms with Crippen LogP contribution in [0.2, 0.25) is 0 Å². The van der Waals surface area contributed by atoms with Gasteiger partial charge in [0.15, 0.2) is 0 Å². The number of nitrogens with one attached hydrogen (secondary N) is 1. The fourth-order valence-electron chi connectivity index (χ4n) is 6.13. The van der Waals surface area contributed by atoms with Gasteiger partial charge >= 0.3 is 6.09 Å².